The van der Waals surface area contributed by atoms with Crippen molar-refractivity contribution in [1.82, 2.24) is 10.2 Å². The van der Waals surface area contributed by atoms with Crippen LogP contribution in [0.1, 0.15) is 30.0 Å². The van der Waals surface area contributed by atoms with Gasteiger partial charge in [-0.3, -0.25) is 4.79 Å². The van der Waals surface area contributed by atoms with E-state index in [1.807, 2.05) is 24.3 Å². The number of carbonyl (C=O) groups is 1. The van der Waals surface area contributed by atoms with Crippen molar-refractivity contribution in [3.8, 4) is 11.3 Å². The summed E-state index contributed by atoms with van der Waals surface area (Å²) in [6.45, 7) is 3.33. The van der Waals surface area contributed by atoms with Crippen molar-refractivity contribution in [2.45, 2.75) is 32.6 Å². The van der Waals surface area contributed by atoms with Gasteiger partial charge in [-0.2, -0.15) is 0 Å². The van der Waals surface area contributed by atoms with Crippen LogP contribution < -0.4 is 10.6 Å². The van der Waals surface area contributed by atoms with Gasteiger partial charge >= 0.3 is 5.97 Å². The highest BCUT2D eigenvalue weighted by atomic mass is 19.1. The molecule has 0 amide bonds. The number of ether oxygens (including phenoxy) is 2. The Morgan fingerprint density at radius 1 is 1.09 bits per heavy atom. The van der Waals surface area contributed by atoms with Gasteiger partial charge in [-0.1, -0.05) is 24.3 Å². The molecule has 4 rings (SSSR count). The van der Waals surface area contributed by atoms with Crippen LogP contribution in [-0.4, -0.2) is 43.0 Å². The summed E-state index contributed by atoms with van der Waals surface area (Å²) >= 11 is 0. The third-order valence-corrected chi connectivity index (χ3v) is 5.78. The van der Waals surface area contributed by atoms with E-state index in [0.29, 0.717) is 36.8 Å². The number of esters is 1. The number of carbonyl (C=O) groups excluding carboxylic acids is 1. The average Bonchev–Trinajstić information content (AvgIpc) is 3.32. The molecule has 0 unspecified atom stereocenters. The van der Waals surface area contributed by atoms with Crippen molar-refractivity contribution < 1.29 is 18.7 Å². The predicted molar refractivity (Wildman–Crippen MR) is 130 cm³/mol. The number of benzene rings is 2. The maximum Gasteiger partial charge on any atom is 0.310 e. The first-order valence-corrected chi connectivity index (χ1v) is 11.5. The molecule has 0 spiro atoms. The number of halogens is 1. The third kappa shape index (κ3) is 5.34. The molecule has 0 bridgehead atoms. The van der Waals surface area contributed by atoms with Crippen molar-refractivity contribution in [3.63, 3.8) is 0 Å². The molecule has 2 N–H and O–H groups in total. The monoisotopic (exact) mass is 464 g/mol. The van der Waals surface area contributed by atoms with Gasteiger partial charge in [0.25, 0.3) is 0 Å². The number of hydrogen-bond acceptors (Lipinski definition) is 7. The minimum atomic E-state index is -0.452. The molecule has 0 saturated carbocycles. The molecule has 0 aliphatic heterocycles. The van der Waals surface area contributed by atoms with Crippen LogP contribution in [0, 0.1) is 5.82 Å². The van der Waals surface area contributed by atoms with Gasteiger partial charge in [0.1, 0.15) is 5.82 Å². The van der Waals surface area contributed by atoms with Crippen LogP contribution in [0.15, 0.2) is 42.5 Å². The van der Waals surface area contributed by atoms with Crippen molar-refractivity contribution in [2.75, 3.05) is 37.5 Å². The molecule has 0 radical (unpaired) electrons. The van der Waals surface area contributed by atoms with Crippen molar-refractivity contribution in [3.05, 3.63) is 65.0 Å². The largest absolute Gasteiger partial charge is 0.466 e. The number of anilines is 3. The van der Waals surface area contributed by atoms with Gasteiger partial charge in [0.2, 0.25) is 0 Å². The first-order valence-electron chi connectivity index (χ1n) is 11.5. The smallest absolute Gasteiger partial charge is 0.310 e. The molecule has 1 aromatic heterocycles. The summed E-state index contributed by atoms with van der Waals surface area (Å²) in [7, 11) is 1.68. The Morgan fingerprint density at radius 3 is 2.71 bits per heavy atom. The Balaban J connectivity index is 1.59. The number of methoxy groups -OCH3 is 1. The first-order chi connectivity index (χ1) is 16.6. The molecule has 0 fully saturated rings. The maximum absolute atomic E-state index is 14.8. The minimum absolute atomic E-state index is 0.0345. The van der Waals surface area contributed by atoms with Gasteiger partial charge in [0.05, 0.1) is 31.0 Å². The lowest BCUT2D eigenvalue weighted by atomic mass is 10.0. The topological polar surface area (TPSA) is 85.4 Å². The van der Waals surface area contributed by atoms with Crippen LogP contribution in [0.25, 0.3) is 11.3 Å². The summed E-state index contributed by atoms with van der Waals surface area (Å²) in [5.41, 5.74) is 5.88. The SMILES string of the molecule is CCOC(=O)Cc1ccc(Nc2nnc(-c3ccccc3NCCOC)c3c2CCC3)c(F)c1. The van der Waals surface area contributed by atoms with E-state index in [4.69, 9.17) is 9.47 Å². The summed E-state index contributed by atoms with van der Waals surface area (Å²) in [4.78, 5) is 11.7. The fourth-order valence-corrected chi connectivity index (χ4v) is 4.21. The van der Waals surface area contributed by atoms with Gasteiger partial charge in [-0.25, -0.2) is 4.39 Å². The van der Waals surface area contributed by atoms with Crippen LogP contribution in [0.2, 0.25) is 0 Å². The molecule has 34 heavy (non-hydrogen) atoms. The van der Waals surface area contributed by atoms with Gasteiger partial charge in [0.15, 0.2) is 5.82 Å². The fraction of sp³-hybridized carbons (Fsp3) is 0.346. The van der Waals surface area contributed by atoms with Gasteiger partial charge in [-0.05, 0) is 55.5 Å². The highest BCUT2D eigenvalue weighted by Crippen LogP contribution is 2.37. The van der Waals surface area contributed by atoms with E-state index >= 15 is 0 Å². The second-order valence-corrected chi connectivity index (χ2v) is 8.09. The van der Waals surface area contributed by atoms with Crippen LogP contribution >= 0.6 is 0 Å². The van der Waals surface area contributed by atoms with E-state index in [0.717, 1.165) is 47.3 Å². The van der Waals surface area contributed by atoms with Gasteiger partial charge < -0.3 is 20.1 Å². The Kier molecular flexibility index (Phi) is 7.69. The lowest BCUT2D eigenvalue weighted by Gasteiger charge is -2.16. The summed E-state index contributed by atoms with van der Waals surface area (Å²) < 4.78 is 24.9. The predicted octanol–water partition coefficient (Wildman–Crippen LogP) is 4.68. The van der Waals surface area contributed by atoms with Crippen LogP contribution in [0.4, 0.5) is 21.6 Å². The maximum atomic E-state index is 14.8. The molecule has 1 heterocycles. The summed E-state index contributed by atoms with van der Waals surface area (Å²) in [6.07, 6.45) is 2.77. The minimum Gasteiger partial charge on any atom is -0.466 e. The van der Waals surface area contributed by atoms with E-state index in [9.17, 15) is 9.18 Å². The first kappa shape index (κ1) is 23.6. The van der Waals surface area contributed by atoms with Crippen molar-refractivity contribution in [1.29, 1.82) is 0 Å². The molecule has 0 saturated heterocycles. The van der Waals surface area contributed by atoms with Crippen LogP contribution in [0.3, 0.4) is 0 Å². The number of nitrogens with zero attached hydrogens (tertiary/aromatic N) is 2. The van der Waals surface area contributed by atoms with E-state index in [1.54, 1.807) is 26.2 Å². The number of rotatable bonds is 10. The molecule has 1 aliphatic rings. The summed E-state index contributed by atoms with van der Waals surface area (Å²) in [5.74, 6) is -0.260. The lowest BCUT2D eigenvalue weighted by molar-refractivity contribution is -0.142. The summed E-state index contributed by atoms with van der Waals surface area (Å²) in [5, 5.41) is 15.5. The quantitative estimate of drug-likeness (QED) is 0.333. The molecule has 0 atom stereocenters. The Labute approximate surface area is 198 Å². The molecule has 8 heteroatoms. The van der Waals surface area contributed by atoms with E-state index in [2.05, 4.69) is 20.8 Å². The average molecular weight is 465 g/mol. The van der Waals surface area contributed by atoms with Gasteiger partial charge in [0, 0.05) is 30.5 Å². The van der Waals surface area contributed by atoms with Crippen molar-refractivity contribution in [2.24, 2.45) is 0 Å². The zero-order chi connectivity index (χ0) is 23.9. The molecular formula is C26H29FN4O3. The summed E-state index contributed by atoms with van der Waals surface area (Å²) in [6, 6.07) is 12.7. The Bertz CT molecular complexity index is 1170. The number of para-hydroxylation sites is 1. The molecule has 7 nitrogen and oxygen atoms in total. The number of hydrogen-bond donors (Lipinski definition) is 2. The second-order valence-electron chi connectivity index (χ2n) is 8.09. The van der Waals surface area contributed by atoms with Crippen LogP contribution in [-0.2, 0) is 33.5 Å². The second kappa shape index (κ2) is 11.1. The normalized spacial score (nSPS) is 12.3. The lowest BCUT2D eigenvalue weighted by Crippen LogP contribution is -2.10. The van der Waals surface area contributed by atoms with E-state index < -0.39 is 5.82 Å². The zero-order valence-corrected chi connectivity index (χ0v) is 19.5. The molecule has 1 aliphatic carbocycles. The molecule has 2 aromatic carbocycles. The highest BCUT2D eigenvalue weighted by Gasteiger charge is 2.24. The Morgan fingerprint density at radius 2 is 1.91 bits per heavy atom. The third-order valence-electron chi connectivity index (χ3n) is 5.78. The van der Waals surface area contributed by atoms with Crippen LogP contribution in [0.5, 0.6) is 0 Å². The fourth-order valence-electron chi connectivity index (χ4n) is 4.21. The molecule has 178 valence electrons. The standard InChI is InChI=1S/C26H29FN4O3/c1-3-34-24(32)16-17-11-12-23(21(27)15-17)29-26-19-9-6-8-18(19)25(30-31-26)20-7-4-5-10-22(20)28-13-14-33-2/h4-5,7,10-12,15,28H,3,6,8-9,13-14,16H2,1-2H3,(H,29,31). The molecule has 3 aromatic rings. The van der Waals surface area contributed by atoms with Crippen molar-refractivity contribution >= 4 is 23.2 Å². The number of nitrogens with one attached hydrogen (secondary N) is 2. The Hall–Kier alpha value is -3.52. The number of fused-ring (bicyclic) bond motifs is 1. The van der Waals surface area contributed by atoms with E-state index in [-0.39, 0.29) is 12.4 Å². The van der Waals surface area contributed by atoms with E-state index in [1.165, 1.54) is 6.07 Å². The highest BCUT2D eigenvalue weighted by molar-refractivity contribution is 5.80. The number of aromatic nitrogens is 2. The zero-order valence-electron chi connectivity index (χ0n) is 19.5. The van der Waals surface area contributed by atoms with Gasteiger partial charge in [-0.15, -0.1) is 10.2 Å². The molecular weight excluding hydrogens is 435 g/mol.